The maximum Gasteiger partial charge on any atom is 0.330 e. The molecule has 5 heteroatoms. The van der Waals surface area contributed by atoms with Gasteiger partial charge < -0.3 is 4.74 Å². The van der Waals surface area contributed by atoms with Gasteiger partial charge in [0.05, 0.1) is 12.2 Å². The van der Waals surface area contributed by atoms with Crippen molar-refractivity contribution in [3.63, 3.8) is 0 Å². The first kappa shape index (κ1) is 13.0. The Labute approximate surface area is 96.7 Å². The fourth-order valence-electron chi connectivity index (χ4n) is 1.17. The number of carbonyl (C=O) groups excluding carboxylic acids is 2. The summed E-state index contributed by atoms with van der Waals surface area (Å²) in [4.78, 5) is 21.4. The van der Waals surface area contributed by atoms with Gasteiger partial charge >= 0.3 is 5.97 Å². The highest BCUT2D eigenvalue weighted by molar-refractivity contribution is 5.87. The Morgan fingerprint density at radius 1 is 1.41 bits per heavy atom. The predicted octanol–water partition coefficient (Wildman–Crippen LogP) is 2.35. The van der Waals surface area contributed by atoms with Crippen LogP contribution in [-0.2, 0) is 9.53 Å². The lowest BCUT2D eigenvalue weighted by atomic mass is 10.1. The fourth-order valence-corrected chi connectivity index (χ4v) is 1.17. The zero-order chi connectivity index (χ0) is 12.8. The molecule has 90 valence electrons. The topological polar surface area (TPSA) is 43.4 Å². The number of hydrogen-bond donors (Lipinski definition) is 0. The molecule has 1 rings (SSSR count). The minimum atomic E-state index is -0.999. The molecule has 0 N–H and O–H groups in total. The van der Waals surface area contributed by atoms with Crippen molar-refractivity contribution in [1.29, 1.82) is 0 Å². The molecular weight excluding hydrogens is 230 g/mol. The van der Waals surface area contributed by atoms with Gasteiger partial charge in [-0.05, 0) is 25.1 Å². The lowest BCUT2D eigenvalue weighted by molar-refractivity contribution is -0.137. The Bertz CT molecular complexity index is 467. The van der Waals surface area contributed by atoms with Gasteiger partial charge in [-0.25, -0.2) is 13.6 Å². The van der Waals surface area contributed by atoms with Gasteiger partial charge in [0.1, 0.15) is 11.6 Å². The maximum atomic E-state index is 13.5. The van der Waals surface area contributed by atoms with E-state index in [9.17, 15) is 18.4 Å². The predicted molar refractivity (Wildman–Crippen MR) is 57.4 cm³/mol. The summed E-state index contributed by atoms with van der Waals surface area (Å²) >= 11 is 0. The van der Waals surface area contributed by atoms with E-state index in [1.165, 1.54) is 0 Å². The lowest BCUT2D eigenvalue weighted by Gasteiger charge is -2.01. The van der Waals surface area contributed by atoms with E-state index in [0.29, 0.717) is 0 Å². The van der Waals surface area contributed by atoms with E-state index in [2.05, 4.69) is 4.74 Å². The van der Waals surface area contributed by atoms with Crippen LogP contribution in [0.4, 0.5) is 8.78 Å². The van der Waals surface area contributed by atoms with E-state index in [1.54, 1.807) is 6.92 Å². The Kier molecular flexibility index (Phi) is 4.51. The molecule has 0 radical (unpaired) electrons. The molecule has 0 amide bonds. The molecule has 0 aliphatic heterocycles. The molecule has 0 spiro atoms. The van der Waals surface area contributed by atoms with Gasteiger partial charge in [0.25, 0.3) is 0 Å². The fraction of sp³-hybridized carbons (Fsp3) is 0.167. The molecule has 0 bridgehead atoms. The van der Waals surface area contributed by atoms with Crippen molar-refractivity contribution in [2.24, 2.45) is 0 Å². The van der Waals surface area contributed by atoms with Crippen LogP contribution in [0.1, 0.15) is 22.8 Å². The van der Waals surface area contributed by atoms with Crippen molar-refractivity contribution in [1.82, 2.24) is 0 Å². The van der Waals surface area contributed by atoms with E-state index in [-0.39, 0.29) is 18.5 Å². The highest BCUT2D eigenvalue weighted by Gasteiger charge is 2.11. The van der Waals surface area contributed by atoms with Crippen molar-refractivity contribution in [3.8, 4) is 0 Å². The summed E-state index contributed by atoms with van der Waals surface area (Å²) in [6.45, 7) is 1.84. The molecular formula is C12H10F2O3. The molecule has 0 heterocycles. The number of hydrogen-bond acceptors (Lipinski definition) is 3. The minimum Gasteiger partial charge on any atom is -0.463 e. The zero-order valence-corrected chi connectivity index (χ0v) is 9.07. The van der Waals surface area contributed by atoms with Crippen molar-refractivity contribution in [2.45, 2.75) is 6.92 Å². The first-order chi connectivity index (χ1) is 8.10. The molecule has 0 aliphatic carbocycles. The van der Waals surface area contributed by atoms with Crippen molar-refractivity contribution >= 4 is 18.3 Å². The van der Waals surface area contributed by atoms with Gasteiger partial charge in [-0.3, -0.25) is 4.79 Å². The number of benzene rings is 1. The quantitative estimate of drug-likeness (QED) is 0.461. The molecule has 0 aliphatic rings. The van der Waals surface area contributed by atoms with E-state index < -0.39 is 23.2 Å². The van der Waals surface area contributed by atoms with Crippen LogP contribution in [0.3, 0.4) is 0 Å². The molecule has 3 nitrogen and oxygen atoms in total. The highest BCUT2D eigenvalue weighted by Crippen LogP contribution is 2.16. The largest absolute Gasteiger partial charge is 0.463 e. The first-order valence-corrected chi connectivity index (χ1v) is 4.88. The van der Waals surface area contributed by atoms with Crippen molar-refractivity contribution in [3.05, 3.63) is 41.0 Å². The monoisotopic (exact) mass is 240 g/mol. The minimum absolute atomic E-state index is 0.0541. The Balaban J connectivity index is 3.00. The summed E-state index contributed by atoms with van der Waals surface area (Å²) in [6, 6.07) is 2.09. The standard InChI is InChI=1S/C12H10F2O3/c1-2-17-11(16)6-4-8-3-5-10(13)9(7-15)12(8)14/h3-7H,2H2,1H3. The summed E-state index contributed by atoms with van der Waals surface area (Å²) < 4.78 is 31.1. The number of rotatable bonds is 4. The molecule has 0 atom stereocenters. The number of ether oxygens (including phenoxy) is 1. The Hall–Kier alpha value is -2.04. The van der Waals surface area contributed by atoms with Crippen LogP contribution in [0.15, 0.2) is 18.2 Å². The second-order valence-corrected chi connectivity index (χ2v) is 3.07. The van der Waals surface area contributed by atoms with Crippen LogP contribution in [0, 0.1) is 11.6 Å². The third-order valence-electron chi connectivity index (χ3n) is 1.96. The summed E-state index contributed by atoms with van der Waals surface area (Å²) in [7, 11) is 0. The molecule has 0 aromatic heterocycles. The molecule has 0 fully saturated rings. The second kappa shape index (κ2) is 5.89. The summed E-state index contributed by atoms with van der Waals surface area (Å²) in [5.41, 5.74) is -0.711. The first-order valence-electron chi connectivity index (χ1n) is 4.88. The lowest BCUT2D eigenvalue weighted by Crippen LogP contribution is -2.00. The van der Waals surface area contributed by atoms with E-state index >= 15 is 0 Å². The molecule has 0 saturated carbocycles. The van der Waals surface area contributed by atoms with Gasteiger partial charge in [-0.2, -0.15) is 0 Å². The van der Waals surface area contributed by atoms with Crippen LogP contribution >= 0.6 is 0 Å². The van der Waals surface area contributed by atoms with Crippen LogP contribution in [0.5, 0.6) is 0 Å². The van der Waals surface area contributed by atoms with Gasteiger partial charge in [0.2, 0.25) is 0 Å². The van der Waals surface area contributed by atoms with E-state index in [4.69, 9.17) is 0 Å². The zero-order valence-electron chi connectivity index (χ0n) is 9.07. The van der Waals surface area contributed by atoms with E-state index in [0.717, 1.165) is 24.3 Å². The summed E-state index contributed by atoms with van der Waals surface area (Å²) in [5.74, 6) is -2.57. The number of aldehydes is 1. The second-order valence-electron chi connectivity index (χ2n) is 3.07. The Morgan fingerprint density at radius 3 is 2.71 bits per heavy atom. The van der Waals surface area contributed by atoms with Gasteiger partial charge in [-0.15, -0.1) is 0 Å². The molecule has 1 aromatic carbocycles. The van der Waals surface area contributed by atoms with Crippen molar-refractivity contribution in [2.75, 3.05) is 6.61 Å². The summed E-state index contributed by atoms with van der Waals surface area (Å²) in [5, 5.41) is 0. The highest BCUT2D eigenvalue weighted by atomic mass is 19.1. The average Bonchev–Trinajstić information content (AvgIpc) is 2.29. The molecule has 0 unspecified atom stereocenters. The molecule has 1 aromatic rings. The van der Waals surface area contributed by atoms with Gasteiger partial charge in [-0.1, -0.05) is 0 Å². The van der Waals surface area contributed by atoms with Crippen LogP contribution < -0.4 is 0 Å². The number of esters is 1. The van der Waals surface area contributed by atoms with Crippen LogP contribution in [0.25, 0.3) is 6.08 Å². The molecule has 17 heavy (non-hydrogen) atoms. The van der Waals surface area contributed by atoms with Crippen LogP contribution in [-0.4, -0.2) is 18.9 Å². The van der Waals surface area contributed by atoms with E-state index in [1.807, 2.05) is 0 Å². The van der Waals surface area contributed by atoms with Crippen molar-refractivity contribution < 1.29 is 23.1 Å². The Morgan fingerprint density at radius 2 is 2.12 bits per heavy atom. The van der Waals surface area contributed by atoms with Gasteiger partial charge in [0.15, 0.2) is 6.29 Å². The molecule has 0 saturated heterocycles. The smallest absolute Gasteiger partial charge is 0.330 e. The SMILES string of the molecule is CCOC(=O)C=Cc1ccc(F)c(C=O)c1F. The summed E-state index contributed by atoms with van der Waals surface area (Å²) in [6.07, 6.45) is 2.22. The number of halogens is 2. The number of carbonyl (C=O) groups is 2. The third-order valence-corrected chi connectivity index (χ3v) is 1.96. The normalized spacial score (nSPS) is 10.5. The average molecular weight is 240 g/mol. The maximum absolute atomic E-state index is 13.5. The third kappa shape index (κ3) is 3.21. The van der Waals surface area contributed by atoms with Crippen LogP contribution in [0.2, 0.25) is 0 Å². The van der Waals surface area contributed by atoms with Gasteiger partial charge in [0, 0.05) is 11.6 Å².